The van der Waals surface area contributed by atoms with Gasteiger partial charge in [0.2, 0.25) is 0 Å². The van der Waals surface area contributed by atoms with E-state index < -0.39 is 11.9 Å². The van der Waals surface area contributed by atoms with Crippen LogP contribution in [0.2, 0.25) is 0 Å². The van der Waals surface area contributed by atoms with Crippen LogP contribution in [0.15, 0.2) is 36.7 Å². The van der Waals surface area contributed by atoms with Crippen LogP contribution in [-0.2, 0) is 69.9 Å². The van der Waals surface area contributed by atoms with Gasteiger partial charge in [-0.2, -0.15) is 0 Å². The zero-order valence-corrected chi connectivity index (χ0v) is 49.1. The molecule has 1 aromatic carbocycles. The van der Waals surface area contributed by atoms with Crippen molar-refractivity contribution in [1.29, 1.82) is 0 Å². The zero-order valence-electron chi connectivity index (χ0n) is 46.8. The average molecular weight is 1230 g/mol. The number of aryl methyl sites for hydroxylation is 2. The van der Waals surface area contributed by atoms with E-state index in [0.717, 1.165) is 82.5 Å². The van der Waals surface area contributed by atoms with Gasteiger partial charge in [0, 0.05) is 94.0 Å². The number of carbonyl (C=O) groups is 4. The average Bonchev–Trinajstić information content (AvgIpc) is 3.98. The first-order valence-electron chi connectivity index (χ1n) is 25.7. The Morgan fingerprint density at radius 3 is 1.15 bits per heavy atom. The Morgan fingerprint density at radius 1 is 0.500 bits per heavy atom. The molecule has 4 heterocycles. The Morgan fingerprint density at radius 2 is 0.833 bits per heavy atom. The standard InChI is InChI=1S/C52H70N5O12.2C2H4O2.Gd/c1-9-39-40(10-2)44-30-46-42(14-12-16-67-38(6)59)36(4)50(57-46)34-54-48-32-52(69-28-26-65-24-22-63-20-18-61-8)51(68-27-25-64-23-21-62-19-17-60-7)31-47(48)53-33-49-35(3)41(13-11-15-66-37(5)58)45(56-49)29-43(39)55-44;2*1-2(3)4;/h29-34H,9-28H2,1-8H3;2*1H3,(H,3,4);/q-1;;;. The van der Waals surface area contributed by atoms with E-state index in [-0.39, 0.29) is 78.3 Å². The second-order valence-corrected chi connectivity index (χ2v) is 17.2. The number of esters is 2. The summed E-state index contributed by atoms with van der Waals surface area (Å²) in [6.45, 7) is 18.6. The third kappa shape index (κ3) is 25.2. The maximum Gasteiger partial charge on any atom is 0.302 e. The second-order valence-electron chi connectivity index (χ2n) is 17.2. The van der Waals surface area contributed by atoms with Crippen molar-refractivity contribution >= 4 is 68.2 Å². The SMILES string of the molecule is CC(=O)O.CC(=O)O.CCc1c(CC)c2cc3nc(cnc4cc(OCCOCCOCCOC)c(OCCOCCOCCOC)cc4ncc4nc(cc1[n-]2)C(CCCOC(C)=O)=C4C)C(C)=C3CCCOC(C)=O.[Gd]. The van der Waals surface area contributed by atoms with Crippen molar-refractivity contribution in [2.45, 2.75) is 93.9 Å². The number of methoxy groups -OCH3 is 2. The third-order valence-electron chi connectivity index (χ3n) is 11.3. The maximum atomic E-state index is 11.7. The minimum Gasteiger partial charge on any atom is -0.657 e. The van der Waals surface area contributed by atoms with Crippen LogP contribution in [0.25, 0.3) is 44.4 Å². The minimum absolute atomic E-state index is 0. The number of fused-ring (bicyclic) bond motifs is 7. The van der Waals surface area contributed by atoms with Gasteiger partial charge in [-0.1, -0.05) is 37.1 Å². The van der Waals surface area contributed by atoms with E-state index in [9.17, 15) is 9.59 Å². The van der Waals surface area contributed by atoms with Crippen molar-refractivity contribution in [3.05, 3.63) is 70.6 Å². The van der Waals surface area contributed by atoms with E-state index in [1.807, 2.05) is 13.8 Å². The summed E-state index contributed by atoms with van der Waals surface area (Å²) in [5.74, 6) is -1.43. The van der Waals surface area contributed by atoms with Crippen molar-refractivity contribution < 1.29 is 117 Å². The first-order chi connectivity index (χ1) is 37.0. The van der Waals surface area contributed by atoms with Gasteiger partial charge in [-0.25, -0.2) is 9.97 Å². The van der Waals surface area contributed by atoms with Crippen LogP contribution >= 0.6 is 0 Å². The number of hydrogen-bond donors (Lipinski definition) is 2. The van der Waals surface area contributed by atoms with E-state index in [2.05, 4.69) is 26.0 Å². The molecular weight excluding hydrogens is 1160 g/mol. The summed E-state index contributed by atoms with van der Waals surface area (Å²) in [6, 6.07) is 7.73. The monoisotopic (exact) mass is 1230 g/mol. The Kier molecular flexibility index (Phi) is 34.5. The van der Waals surface area contributed by atoms with Gasteiger partial charge in [0.1, 0.15) is 13.2 Å². The molecule has 78 heavy (non-hydrogen) atoms. The van der Waals surface area contributed by atoms with E-state index in [1.54, 1.807) is 38.7 Å². The van der Waals surface area contributed by atoms with Crippen LogP contribution in [0.3, 0.4) is 0 Å². The summed E-state index contributed by atoms with van der Waals surface area (Å²) in [5, 5.41) is 14.8. The first-order valence-corrected chi connectivity index (χ1v) is 25.7. The molecule has 5 rings (SSSR count). The van der Waals surface area contributed by atoms with Crippen LogP contribution < -0.4 is 14.5 Å². The van der Waals surface area contributed by atoms with E-state index in [1.165, 1.54) is 13.8 Å². The van der Waals surface area contributed by atoms with Gasteiger partial charge in [-0.15, -0.1) is 11.0 Å². The summed E-state index contributed by atoms with van der Waals surface area (Å²) in [7, 11) is 3.26. The van der Waals surface area contributed by atoms with Gasteiger partial charge < -0.3 is 62.6 Å². The van der Waals surface area contributed by atoms with E-state index in [0.29, 0.717) is 126 Å². The molecule has 432 valence electrons. The Labute approximate surface area is 489 Å². The summed E-state index contributed by atoms with van der Waals surface area (Å²) in [5.41, 5.74) is 11.8. The van der Waals surface area contributed by atoms with Gasteiger partial charge in [-0.3, -0.25) is 29.1 Å². The van der Waals surface area contributed by atoms with Gasteiger partial charge in [0.25, 0.3) is 11.9 Å². The number of ether oxygens (including phenoxy) is 10. The van der Waals surface area contributed by atoms with Crippen LogP contribution in [0, 0.1) is 39.9 Å². The molecule has 0 saturated carbocycles. The molecule has 6 bridgehead atoms. The quantitative estimate of drug-likeness (QED) is 0.0473. The molecule has 2 N–H and O–H groups in total. The fraction of sp³-hybridized carbons (Fsp3) is 0.536. The molecule has 0 amide bonds. The van der Waals surface area contributed by atoms with Crippen molar-refractivity contribution in [1.82, 2.24) is 24.9 Å². The number of allylic oxidation sites excluding steroid dienone is 4. The van der Waals surface area contributed by atoms with Crippen molar-refractivity contribution in [2.24, 2.45) is 0 Å². The molecule has 21 nitrogen and oxygen atoms in total. The third-order valence-corrected chi connectivity index (χ3v) is 11.3. The molecular formula is C56H78GdN5O16-. The number of carbonyl (C=O) groups excluding carboxylic acids is 2. The molecule has 0 atom stereocenters. The molecule has 0 aliphatic carbocycles. The molecule has 0 saturated heterocycles. The Hall–Kier alpha value is -5.30. The summed E-state index contributed by atoms with van der Waals surface area (Å²) >= 11 is 0. The Bertz CT molecular complexity index is 2470. The number of carboxylic acids is 2. The van der Waals surface area contributed by atoms with Crippen LogP contribution in [0.4, 0.5) is 0 Å². The molecule has 2 aromatic heterocycles. The minimum atomic E-state index is -0.833. The van der Waals surface area contributed by atoms with Crippen molar-refractivity contribution in [2.75, 3.05) is 107 Å². The topological polar surface area (TPSA) is 267 Å². The fourth-order valence-corrected chi connectivity index (χ4v) is 7.75. The maximum absolute atomic E-state index is 11.7. The predicted octanol–water partition coefficient (Wildman–Crippen LogP) is 7.94. The van der Waals surface area contributed by atoms with Crippen molar-refractivity contribution in [3.63, 3.8) is 0 Å². The zero-order chi connectivity index (χ0) is 56.5. The number of aromatic nitrogens is 5. The molecule has 2 aliphatic rings. The summed E-state index contributed by atoms with van der Waals surface area (Å²) in [4.78, 5) is 66.9. The van der Waals surface area contributed by atoms with Gasteiger partial charge in [0.05, 0.1) is 125 Å². The molecule has 0 unspecified atom stereocenters. The van der Waals surface area contributed by atoms with Crippen LogP contribution in [0.1, 0.15) is 115 Å². The molecule has 2 aliphatic heterocycles. The van der Waals surface area contributed by atoms with Gasteiger partial charge >= 0.3 is 11.9 Å². The first kappa shape index (κ1) is 68.8. The van der Waals surface area contributed by atoms with E-state index >= 15 is 0 Å². The predicted molar refractivity (Wildman–Crippen MR) is 290 cm³/mol. The number of aliphatic carboxylic acids is 2. The van der Waals surface area contributed by atoms with E-state index in [4.69, 9.17) is 92.1 Å². The fourth-order valence-electron chi connectivity index (χ4n) is 7.75. The second kappa shape index (κ2) is 39.1. The molecule has 3 aromatic rings. The van der Waals surface area contributed by atoms with Crippen molar-refractivity contribution in [3.8, 4) is 11.5 Å². The Balaban J connectivity index is 0.00000216. The summed E-state index contributed by atoms with van der Waals surface area (Å²) in [6.07, 6.45) is 7.50. The van der Waals surface area contributed by atoms with Crippen LogP contribution in [0.5, 0.6) is 11.5 Å². The number of rotatable bonds is 30. The number of nitrogens with zero attached hydrogens (tertiary/aromatic N) is 5. The molecule has 22 heteroatoms. The molecule has 0 fully saturated rings. The molecule has 0 radical (unpaired) electrons. The largest absolute Gasteiger partial charge is 0.657 e. The smallest absolute Gasteiger partial charge is 0.302 e. The van der Waals surface area contributed by atoms with Gasteiger partial charge in [0.15, 0.2) is 11.5 Å². The summed E-state index contributed by atoms with van der Waals surface area (Å²) < 4.78 is 56.0. The number of carboxylic acid groups (broad SMARTS) is 2. The normalized spacial score (nSPS) is 11.6. The molecule has 0 spiro atoms. The van der Waals surface area contributed by atoms with Crippen LogP contribution in [-0.4, -0.2) is 161 Å². The number of benzene rings is 1. The number of hydrogen-bond acceptors (Lipinski definition) is 18. The van der Waals surface area contributed by atoms with Gasteiger partial charge in [-0.05, 0) is 74.7 Å².